The van der Waals surface area contributed by atoms with Crippen LogP contribution in [0.2, 0.25) is 0 Å². The Labute approximate surface area is 181 Å². The van der Waals surface area contributed by atoms with Crippen molar-refractivity contribution in [1.29, 1.82) is 0 Å². The molecule has 4 rings (SSSR count). The number of hydrogen-bond donors (Lipinski definition) is 2. The molecule has 9 heteroatoms. The fourth-order valence-corrected chi connectivity index (χ4v) is 4.95. The van der Waals surface area contributed by atoms with Crippen molar-refractivity contribution in [1.82, 2.24) is 9.24 Å². The first-order valence-electron chi connectivity index (χ1n) is 10.9. The third-order valence-electron chi connectivity index (χ3n) is 6.72. The number of benzene rings is 1. The zero-order chi connectivity index (χ0) is 22.5. The van der Waals surface area contributed by atoms with Gasteiger partial charge < -0.3 is 25.9 Å². The second kappa shape index (κ2) is 7.87. The molecule has 4 N–H and O–H groups in total. The Morgan fingerprint density at radius 3 is 2.58 bits per heavy atom. The van der Waals surface area contributed by atoms with Crippen molar-refractivity contribution in [3.63, 3.8) is 0 Å². The van der Waals surface area contributed by atoms with Crippen LogP contribution in [0, 0.1) is 11.3 Å². The van der Waals surface area contributed by atoms with E-state index in [4.69, 9.17) is 21.1 Å². The fourth-order valence-electron chi connectivity index (χ4n) is 4.95. The molecule has 9 nitrogen and oxygen atoms in total. The van der Waals surface area contributed by atoms with E-state index in [-0.39, 0.29) is 23.4 Å². The molecule has 0 bridgehead atoms. The van der Waals surface area contributed by atoms with Gasteiger partial charge in [0.2, 0.25) is 0 Å². The molecule has 1 saturated carbocycles. The molecule has 170 valence electrons. The second-order valence-electron chi connectivity index (χ2n) is 9.37. The van der Waals surface area contributed by atoms with Gasteiger partial charge in [0.05, 0.1) is 24.8 Å². The van der Waals surface area contributed by atoms with Gasteiger partial charge in [0.15, 0.2) is 5.75 Å². The van der Waals surface area contributed by atoms with E-state index >= 15 is 0 Å². The molecule has 1 aromatic heterocycles. The number of nitrogens with two attached hydrogens (primary N) is 2. The molecule has 2 atom stereocenters. The molecule has 1 aliphatic heterocycles. The summed E-state index contributed by atoms with van der Waals surface area (Å²) < 4.78 is 13.7. The second-order valence-corrected chi connectivity index (χ2v) is 9.37. The smallest absolute Gasteiger partial charge is 0.350 e. The van der Waals surface area contributed by atoms with Crippen LogP contribution >= 0.6 is 0 Å². The molecule has 31 heavy (non-hydrogen) atoms. The van der Waals surface area contributed by atoms with Crippen molar-refractivity contribution < 1.29 is 9.47 Å². The minimum atomic E-state index is -0.514. The molecule has 2 heterocycles. The number of ether oxygens (including phenoxy) is 2. The van der Waals surface area contributed by atoms with Gasteiger partial charge in [0.1, 0.15) is 5.52 Å². The standard InChI is InChI=1S/C22H33N5O4/c1-5-31-11-16(23)15-10-25(12-22(15,2)3)17-9-8-14-18(19(17)30-4)26(13-6-7-13)21(29)27(24)20(14)28/h8-9,13,15-16H,5-7,10-12,23-24H2,1-4H3/t15-,16+/m1/s1. The van der Waals surface area contributed by atoms with E-state index < -0.39 is 11.2 Å². The van der Waals surface area contributed by atoms with E-state index in [9.17, 15) is 9.59 Å². The molecule has 2 aromatic rings. The summed E-state index contributed by atoms with van der Waals surface area (Å²) in [5, 5.41) is 0.387. The molecular weight excluding hydrogens is 398 g/mol. The highest BCUT2D eigenvalue weighted by molar-refractivity contribution is 5.91. The lowest BCUT2D eigenvalue weighted by molar-refractivity contribution is 0.0982. The van der Waals surface area contributed by atoms with Gasteiger partial charge in [-0.15, -0.1) is 0 Å². The number of nitrogens with zero attached hydrogens (tertiary/aromatic N) is 3. The number of nitrogen functional groups attached to an aromatic ring is 1. The maximum Gasteiger partial charge on any atom is 0.350 e. The van der Waals surface area contributed by atoms with Gasteiger partial charge in [-0.05, 0) is 37.3 Å². The average molecular weight is 432 g/mol. The van der Waals surface area contributed by atoms with Crippen molar-refractivity contribution in [2.24, 2.45) is 17.1 Å². The van der Waals surface area contributed by atoms with Crippen molar-refractivity contribution >= 4 is 16.6 Å². The van der Waals surface area contributed by atoms with E-state index in [0.717, 1.165) is 31.6 Å². The quantitative estimate of drug-likeness (QED) is 0.629. The zero-order valence-electron chi connectivity index (χ0n) is 18.8. The SMILES string of the molecule is CCOC[C@H](N)[C@H]1CN(c2ccc3c(=O)n(N)c(=O)n(C4CC4)c3c2OC)CC1(C)C. The molecular formula is C22H33N5O4. The zero-order valence-corrected chi connectivity index (χ0v) is 18.8. The molecule has 1 saturated heterocycles. The third-order valence-corrected chi connectivity index (χ3v) is 6.72. The lowest BCUT2D eigenvalue weighted by atomic mass is 9.78. The Morgan fingerprint density at radius 2 is 1.97 bits per heavy atom. The van der Waals surface area contributed by atoms with E-state index in [1.807, 2.05) is 13.0 Å². The Morgan fingerprint density at radius 1 is 1.26 bits per heavy atom. The van der Waals surface area contributed by atoms with Crippen LogP contribution in [0.15, 0.2) is 21.7 Å². The Kier molecular flexibility index (Phi) is 5.51. The summed E-state index contributed by atoms with van der Waals surface area (Å²) in [6.45, 7) is 9.07. The number of anilines is 1. The van der Waals surface area contributed by atoms with Gasteiger partial charge in [0.25, 0.3) is 5.56 Å². The number of hydrogen-bond acceptors (Lipinski definition) is 7. The van der Waals surface area contributed by atoms with Crippen molar-refractivity contribution in [2.75, 3.05) is 44.2 Å². The minimum absolute atomic E-state index is 0.0344. The van der Waals surface area contributed by atoms with Gasteiger partial charge in [-0.3, -0.25) is 9.36 Å². The van der Waals surface area contributed by atoms with Crippen LogP contribution in [0.5, 0.6) is 5.75 Å². The molecule has 1 aromatic carbocycles. The normalized spacial score (nSPS) is 21.6. The van der Waals surface area contributed by atoms with Crippen LogP contribution in [-0.2, 0) is 4.74 Å². The van der Waals surface area contributed by atoms with Gasteiger partial charge in [-0.1, -0.05) is 13.8 Å². The lowest BCUT2D eigenvalue weighted by Gasteiger charge is -2.30. The summed E-state index contributed by atoms with van der Waals surface area (Å²) in [7, 11) is 1.58. The summed E-state index contributed by atoms with van der Waals surface area (Å²) >= 11 is 0. The predicted molar refractivity (Wildman–Crippen MR) is 121 cm³/mol. The highest BCUT2D eigenvalue weighted by Gasteiger charge is 2.43. The number of rotatable bonds is 7. The van der Waals surface area contributed by atoms with E-state index in [1.165, 1.54) is 0 Å². The van der Waals surface area contributed by atoms with Crippen LogP contribution < -0.4 is 32.5 Å². The highest BCUT2D eigenvalue weighted by Crippen LogP contribution is 2.45. The largest absolute Gasteiger partial charge is 0.492 e. The van der Waals surface area contributed by atoms with Crippen molar-refractivity contribution in [3.05, 3.63) is 33.0 Å². The third kappa shape index (κ3) is 3.59. The Balaban J connectivity index is 1.82. The van der Waals surface area contributed by atoms with E-state index in [0.29, 0.717) is 34.5 Å². The molecule has 1 aliphatic carbocycles. The molecule has 2 aliphatic rings. The summed E-state index contributed by atoms with van der Waals surface area (Å²) in [5.74, 6) is 6.55. The monoisotopic (exact) mass is 431 g/mol. The van der Waals surface area contributed by atoms with Gasteiger partial charge in [0, 0.05) is 37.7 Å². The van der Waals surface area contributed by atoms with E-state index in [1.54, 1.807) is 17.7 Å². The molecule has 2 fully saturated rings. The maximum absolute atomic E-state index is 12.8. The topological polar surface area (TPSA) is 118 Å². The van der Waals surface area contributed by atoms with Gasteiger partial charge >= 0.3 is 5.69 Å². The summed E-state index contributed by atoms with van der Waals surface area (Å²) in [5.41, 5.74) is 6.82. The maximum atomic E-state index is 12.8. The average Bonchev–Trinajstić information content (AvgIpc) is 3.52. The highest BCUT2D eigenvalue weighted by atomic mass is 16.5. The predicted octanol–water partition coefficient (Wildman–Crippen LogP) is 1.05. The fraction of sp³-hybridized carbons (Fsp3) is 0.636. The molecule has 0 radical (unpaired) electrons. The van der Waals surface area contributed by atoms with Crippen LogP contribution in [-0.4, -0.2) is 48.7 Å². The van der Waals surface area contributed by atoms with Crippen LogP contribution in [0.1, 0.15) is 39.7 Å². The molecule has 0 unspecified atom stereocenters. The van der Waals surface area contributed by atoms with Crippen LogP contribution in [0.25, 0.3) is 10.9 Å². The minimum Gasteiger partial charge on any atom is -0.492 e. The van der Waals surface area contributed by atoms with Crippen LogP contribution in [0.3, 0.4) is 0 Å². The first kappa shape index (κ1) is 21.7. The lowest BCUT2D eigenvalue weighted by Crippen LogP contribution is -2.44. The van der Waals surface area contributed by atoms with Crippen molar-refractivity contribution in [3.8, 4) is 5.75 Å². The van der Waals surface area contributed by atoms with Crippen molar-refractivity contribution in [2.45, 2.75) is 45.7 Å². The molecule has 0 spiro atoms. The summed E-state index contributed by atoms with van der Waals surface area (Å²) in [6.07, 6.45) is 1.76. The first-order chi connectivity index (χ1) is 14.7. The first-order valence-corrected chi connectivity index (χ1v) is 10.9. The van der Waals surface area contributed by atoms with Gasteiger partial charge in [-0.25, -0.2) is 4.79 Å². The number of fused-ring (bicyclic) bond motifs is 1. The van der Waals surface area contributed by atoms with E-state index in [2.05, 4.69) is 18.7 Å². The van der Waals surface area contributed by atoms with Gasteiger partial charge in [-0.2, -0.15) is 4.68 Å². The van der Waals surface area contributed by atoms with Crippen LogP contribution in [0.4, 0.5) is 5.69 Å². The molecule has 0 amide bonds. The Bertz CT molecular complexity index is 1100. The number of methoxy groups -OCH3 is 1. The summed E-state index contributed by atoms with van der Waals surface area (Å²) in [4.78, 5) is 27.8. The Hall–Kier alpha value is -2.52. The number of aromatic nitrogens is 2. The summed E-state index contributed by atoms with van der Waals surface area (Å²) in [6, 6.07) is 3.59.